The second-order valence-corrected chi connectivity index (χ2v) is 4.88. The first kappa shape index (κ1) is 11.7. The predicted octanol–water partition coefficient (Wildman–Crippen LogP) is 3.41. The van der Waals surface area contributed by atoms with Crippen molar-refractivity contribution in [1.82, 2.24) is 4.90 Å². The lowest BCUT2D eigenvalue weighted by Crippen LogP contribution is -2.31. The lowest BCUT2D eigenvalue weighted by Gasteiger charge is -2.28. The van der Waals surface area contributed by atoms with Gasteiger partial charge >= 0.3 is 0 Å². The van der Waals surface area contributed by atoms with Crippen LogP contribution in [0.2, 0.25) is 0 Å². The minimum Gasteiger partial charge on any atom is -0.299 e. The Hall–Kier alpha value is -0.820. The minimum atomic E-state index is 1.17. The van der Waals surface area contributed by atoms with Gasteiger partial charge in [0, 0.05) is 13.1 Å². The van der Waals surface area contributed by atoms with Crippen LogP contribution in [0.1, 0.15) is 43.4 Å². The Labute approximate surface area is 99.5 Å². The molecule has 1 heteroatoms. The molecule has 1 nitrogen and oxygen atoms in total. The molecule has 2 rings (SSSR count). The molecular weight excluding hydrogens is 194 g/mol. The van der Waals surface area contributed by atoms with Crippen molar-refractivity contribution in [2.75, 3.05) is 13.1 Å². The summed E-state index contributed by atoms with van der Waals surface area (Å²) in [5, 5.41) is 0. The second kappa shape index (κ2) is 5.49. The molecule has 0 spiro atoms. The Bertz CT molecular complexity index is 343. The largest absolute Gasteiger partial charge is 0.299 e. The van der Waals surface area contributed by atoms with Crippen molar-refractivity contribution < 1.29 is 0 Å². The van der Waals surface area contributed by atoms with Crippen LogP contribution in [0.4, 0.5) is 0 Å². The fraction of sp³-hybridized carbons (Fsp3) is 0.600. The summed E-state index contributed by atoms with van der Waals surface area (Å²) in [6, 6.07) is 7.10. The number of hydrogen-bond donors (Lipinski definition) is 0. The third-order valence-electron chi connectivity index (χ3n) is 3.44. The van der Waals surface area contributed by atoms with Crippen molar-refractivity contribution in [3.8, 4) is 0 Å². The highest BCUT2D eigenvalue weighted by Gasteiger charge is 2.15. The first-order valence-corrected chi connectivity index (χ1v) is 6.66. The zero-order valence-electron chi connectivity index (χ0n) is 10.6. The number of fused-ring (bicyclic) bond motifs is 1. The first-order valence-electron chi connectivity index (χ1n) is 6.66. The van der Waals surface area contributed by atoms with Crippen LogP contribution in [0.5, 0.6) is 0 Å². The molecule has 16 heavy (non-hydrogen) atoms. The molecule has 0 aliphatic carbocycles. The lowest BCUT2D eigenvalue weighted by atomic mass is 9.96. The molecule has 0 amide bonds. The van der Waals surface area contributed by atoms with E-state index in [1.54, 1.807) is 11.1 Å². The highest BCUT2D eigenvalue weighted by atomic mass is 15.1. The second-order valence-electron chi connectivity index (χ2n) is 4.88. The van der Waals surface area contributed by atoms with Crippen LogP contribution in [0, 0.1) is 0 Å². The van der Waals surface area contributed by atoms with Crippen molar-refractivity contribution >= 4 is 0 Å². The Morgan fingerprint density at radius 1 is 1.12 bits per heavy atom. The van der Waals surface area contributed by atoms with Crippen LogP contribution in [0.15, 0.2) is 18.2 Å². The summed E-state index contributed by atoms with van der Waals surface area (Å²) in [4.78, 5) is 2.58. The molecule has 0 saturated heterocycles. The summed E-state index contributed by atoms with van der Waals surface area (Å²) in [6.07, 6.45) is 4.98. The maximum absolute atomic E-state index is 2.58. The molecule has 1 heterocycles. The van der Waals surface area contributed by atoms with E-state index in [0.717, 1.165) is 0 Å². The van der Waals surface area contributed by atoms with E-state index >= 15 is 0 Å². The summed E-state index contributed by atoms with van der Waals surface area (Å²) in [7, 11) is 0. The van der Waals surface area contributed by atoms with Crippen molar-refractivity contribution in [1.29, 1.82) is 0 Å². The highest BCUT2D eigenvalue weighted by molar-refractivity contribution is 5.33. The molecule has 88 valence electrons. The quantitative estimate of drug-likeness (QED) is 0.747. The van der Waals surface area contributed by atoms with Gasteiger partial charge in [0.25, 0.3) is 0 Å². The average molecular weight is 217 g/mol. The summed E-state index contributed by atoms with van der Waals surface area (Å²) in [5.74, 6) is 0. The van der Waals surface area contributed by atoms with Gasteiger partial charge in [-0.15, -0.1) is 0 Å². The first-order chi connectivity index (χ1) is 7.83. The van der Waals surface area contributed by atoms with Crippen LogP contribution in [-0.2, 0) is 19.4 Å². The lowest BCUT2D eigenvalue weighted by molar-refractivity contribution is 0.254. The zero-order chi connectivity index (χ0) is 11.4. The molecule has 0 fully saturated rings. The predicted molar refractivity (Wildman–Crippen MR) is 69.7 cm³/mol. The van der Waals surface area contributed by atoms with Crippen LogP contribution in [-0.4, -0.2) is 18.0 Å². The molecule has 1 aliphatic heterocycles. The number of nitrogens with zero attached hydrogens (tertiary/aromatic N) is 1. The molecule has 1 aromatic rings. The summed E-state index contributed by atoms with van der Waals surface area (Å²) < 4.78 is 0. The molecule has 0 bridgehead atoms. The number of rotatable bonds is 4. The topological polar surface area (TPSA) is 3.24 Å². The third-order valence-corrected chi connectivity index (χ3v) is 3.44. The fourth-order valence-electron chi connectivity index (χ4n) is 2.62. The summed E-state index contributed by atoms with van der Waals surface area (Å²) in [5.41, 5.74) is 4.66. The standard InChI is InChI=1S/C15H23N/c1-3-5-13-6-7-14-8-10-16(9-4-2)12-15(14)11-13/h6-7,11H,3-5,8-10,12H2,1-2H3. The highest BCUT2D eigenvalue weighted by Crippen LogP contribution is 2.21. The van der Waals surface area contributed by atoms with Crippen LogP contribution < -0.4 is 0 Å². The van der Waals surface area contributed by atoms with E-state index < -0.39 is 0 Å². The molecule has 1 aromatic carbocycles. The molecule has 0 unspecified atom stereocenters. The minimum absolute atomic E-state index is 1.17. The van der Waals surface area contributed by atoms with Crippen LogP contribution >= 0.6 is 0 Å². The van der Waals surface area contributed by atoms with Gasteiger partial charge in [-0.05, 0) is 42.5 Å². The van der Waals surface area contributed by atoms with E-state index in [1.165, 1.54) is 50.9 Å². The van der Waals surface area contributed by atoms with E-state index in [2.05, 4.69) is 36.9 Å². The van der Waals surface area contributed by atoms with Gasteiger partial charge in [0.05, 0.1) is 0 Å². The molecular formula is C15H23N. The van der Waals surface area contributed by atoms with E-state index in [0.29, 0.717) is 0 Å². The number of aryl methyl sites for hydroxylation is 1. The summed E-state index contributed by atoms with van der Waals surface area (Å²) in [6.45, 7) is 8.18. The van der Waals surface area contributed by atoms with Crippen molar-refractivity contribution in [2.24, 2.45) is 0 Å². The smallest absolute Gasteiger partial charge is 0.0236 e. The van der Waals surface area contributed by atoms with E-state index in [1.807, 2.05) is 0 Å². The van der Waals surface area contributed by atoms with Gasteiger partial charge in [0.1, 0.15) is 0 Å². The van der Waals surface area contributed by atoms with E-state index in [4.69, 9.17) is 0 Å². The van der Waals surface area contributed by atoms with Crippen molar-refractivity contribution in [3.05, 3.63) is 34.9 Å². The molecule has 0 aromatic heterocycles. The molecule has 0 saturated carbocycles. The van der Waals surface area contributed by atoms with Crippen LogP contribution in [0.25, 0.3) is 0 Å². The Morgan fingerprint density at radius 3 is 2.75 bits per heavy atom. The molecule has 0 atom stereocenters. The van der Waals surface area contributed by atoms with E-state index in [9.17, 15) is 0 Å². The SMILES string of the molecule is CCCc1ccc2c(c1)CN(CCC)CC2. The van der Waals surface area contributed by atoms with Gasteiger partial charge in [-0.2, -0.15) is 0 Å². The molecule has 1 aliphatic rings. The maximum atomic E-state index is 2.58. The van der Waals surface area contributed by atoms with Crippen LogP contribution in [0.3, 0.4) is 0 Å². The number of benzene rings is 1. The van der Waals surface area contributed by atoms with Gasteiger partial charge in [0.15, 0.2) is 0 Å². The van der Waals surface area contributed by atoms with Gasteiger partial charge in [-0.1, -0.05) is 38.5 Å². The van der Waals surface area contributed by atoms with Gasteiger partial charge in [-0.25, -0.2) is 0 Å². The summed E-state index contributed by atoms with van der Waals surface area (Å²) >= 11 is 0. The van der Waals surface area contributed by atoms with Gasteiger partial charge in [0.2, 0.25) is 0 Å². The number of hydrogen-bond acceptors (Lipinski definition) is 1. The Kier molecular flexibility index (Phi) is 4.00. The normalized spacial score (nSPS) is 16.1. The van der Waals surface area contributed by atoms with Crippen molar-refractivity contribution in [3.63, 3.8) is 0 Å². The Balaban J connectivity index is 2.12. The fourth-order valence-corrected chi connectivity index (χ4v) is 2.62. The van der Waals surface area contributed by atoms with Gasteiger partial charge < -0.3 is 0 Å². The molecule has 0 N–H and O–H groups in total. The zero-order valence-corrected chi connectivity index (χ0v) is 10.6. The average Bonchev–Trinajstić information content (AvgIpc) is 2.29. The van der Waals surface area contributed by atoms with Gasteiger partial charge in [-0.3, -0.25) is 4.90 Å². The van der Waals surface area contributed by atoms with E-state index in [-0.39, 0.29) is 0 Å². The molecule has 0 radical (unpaired) electrons. The monoisotopic (exact) mass is 217 g/mol. The van der Waals surface area contributed by atoms with Crippen molar-refractivity contribution in [2.45, 2.75) is 46.1 Å². The Morgan fingerprint density at radius 2 is 2.00 bits per heavy atom. The third kappa shape index (κ3) is 2.65. The maximum Gasteiger partial charge on any atom is 0.0236 e.